The Morgan fingerprint density at radius 2 is 1.52 bits per heavy atom. The molecule has 29 heavy (non-hydrogen) atoms. The number of carboxylic acid groups (broad SMARTS) is 1. The van der Waals surface area contributed by atoms with Crippen molar-refractivity contribution in [2.45, 2.75) is 19.1 Å². The molecule has 3 rings (SSSR count). The number of nitrogens with one attached hydrogen (secondary N) is 1. The first kappa shape index (κ1) is 19.9. The van der Waals surface area contributed by atoms with Crippen molar-refractivity contribution in [2.24, 2.45) is 0 Å². The summed E-state index contributed by atoms with van der Waals surface area (Å²) in [5.41, 5.74) is 1.45. The van der Waals surface area contributed by atoms with Crippen LogP contribution in [0.15, 0.2) is 84.9 Å². The molecule has 6 nitrogen and oxygen atoms in total. The van der Waals surface area contributed by atoms with Crippen LogP contribution in [0.4, 0.5) is 4.79 Å². The fraction of sp³-hybridized carbons (Fsp3) is 0.130. The maximum Gasteiger partial charge on any atom is 0.407 e. The molecule has 6 heteroatoms. The molecule has 2 N–H and O–H groups in total. The molecular formula is C23H21NO5. The quantitative estimate of drug-likeness (QED) is 0.569. The molecule has 1 unspecified atom stereocenters. The van der Waals surface area contributed by atoms with Gasteiger partial charge in [0.05, 0.1) is 12.5 Å². The Labute approximate surface area is 168 Å². The van der Waals surface area contributed by atoms with E-state index in [1.54, 1.807) is 24.3 Å². The number of carbonyl (C=O) groups is 2. The molecule has 0 heterocycles. The molecule has 0 radical (unpaired) electrons. The lowest BCUT2D eigenvalue weighted by Crippen LogP contribution is -2.30. The van der Waals surface area contributed by atoms with Crippen molar-refractivity contribution in [3.05, 3.63) is 96.1 Å². The van der Waals surface area contributed by atoms with Gasteiger partial charge in [0.15, 0.2) is 0 Å². The largest absolute Gasteiger partial charge is 0.481 e. The second kappa shape index (κ2) is 9.94. The van der Waals surface area contributed by atoms with Gasteiger partial charge in [-0.2, -0.15) is 0 Å². The molecule has 3 aromatic carbocycles. The third kappa shape index (κ3) is 6.39. The highest BCUT2D eigenvalue weighted by atomic mass is 16.5. The molecule has 0 aliphatic heterocycles. The maximum absolute atomic E-state index is 12.2. The summed E-state index contributed by atoms with van der Waals surface area (Å²) in [5, 5.41) is 11.9. The van der Waals surface area contributed by atoms with E-state index in [9.17, 15) is 14.7 Å². The van der Waals surface area contributed by atoms with E-state index in [2.05, 4.69) is 5.32 Å². The average Bonchev–Trinajstić information content (AvgIpc) is 2.73. The van der Waals surface area contributed by atoms with Crippen molar-refractivity contribution >= 4 is 12.1 Å². The summed E-state index contributed by atoms with van der Waals surface area (Å²) < 4.78 is 11.0. The zero-order valence-electron chi connectivity index (χ0n) is 15.7. The zero-order valence-corrected chi connectivity index (χ0v) is 15.7. The molecule has 0 aromatic heterocycles. The summed E-state index contributed by atoms with van der Waals surface area (Å²) >= 11 is 0. The molecule has 0 aliphatic carbocycles. The molecule has 0 bridgehead atoms. The van der Waals surface area contributed by atoms with Gasteiger partial charge in [-0.3, -0.25) is 4.79 Å². The van der Waals surface area contributed by atoms with Crippen molar-refractivity contribution in [3.8, 4) is 11.5 Å². The summed E-state index contributed by atoms with van der Waals surface area (Å²) in [6, 6.07) is 24.7. The van der Waals surface area contributed by atoms with Crippen LogP contribution in [-0.2, 0) is 16.1 Å². The molecule has 1 atom stereocenters. The second-order valence-electron chi connectivity index (χ2n) is 6.34. The van der Waals surface area contributed by atoms with Crippen LogP contribution in [0.2, 0.25) is 0 Å². The molecular weight excluding hydrogens is 370 g/mol. The van der Waals surface area contributed by atoms with Crippen LogP contribution in [0, 0.1) is 0 Å². The third-order valence-corrected chi connectivity index (χ3v) is 4.12. The van der Waals surface area contributed by atoms with Crippen molar-refractivity contribution in [1.29, 1.82) is 0 Å². The predicted molar refractivity (Wildman–Crippen MR) is 108 cm³/mol. The number of para-hydroxylation sites is 1. The summed E-state index contributed by atoms with van der Waals surface area (Å²) in [7, 11) is 0. The van der Waals surface area contributed by atoms with Crippen molar-refractivity contribution < 1.29 is 24.2 Å². The Bertz CT molecular complexity index is 944. The summed E-state index contributed by atoms with van der Waals surface area (Å²) in [4.78, 5) is 23.5. The Morgan fingerprint density at radius 1 is 0.862 bits per heavy atom. The minimum Gasteiger partial charge on any atom is -0.481 e. The molecule has 0 fully saturated rings. The Morgan fingerprint density at radius 3 is 2.21 bits per heavy atom. The second-order valence-corrected chi connectivity index (χ2v) is 6.34. The minimum atomic E-state index is -1.03. The lowest BCUT2D eigenvalue weighted by molar-refractivity contribution is -0.137. The number of carbonyl (C=O) groups excluding carboxylic acids is 1. The monoisotopic (exact) mass is 391 g/mol. The van der Waals surface area contributed by atoms with Crippen LogP contribution in [0.5, 0.6) is 11.5 Å². The standard InChI is InChI=1S/C23H21NO5/c25-22(26)15-21(24-23(27)28-16-17-8-3-1-4-9-17)18-10-7-13-20(14-18)29-19-11-5-2-6-12-19/h1-14,21H,15-16H2,(H,24,27)(H,25,26). The van der Waals surface area contributed by atoms with Gasteiger partial charge in [-0.25, -0.2) is 4.79 Å². The SMILES string of the molecule is O=C(O)CC(NC(=O)OCc1ccccc1)c1cccc(Oc2ccccc2)c1. The van der Waals surface area contributed by atoms with Gasteiger partial charge in [0, 0.05) is 0 Å². The van der Waals surface area contributed by atoms with Gasteiger partial charge in [0.1, 0.15) is 18.1 Å². The van der Waals surface area contributed by atoms with Gasteiger partial charge < -0.3 is 19.9 Å². The van der Waals surface area contributed by atoms with Crippen LogP contribution in [0.25, 0.3) is 0 Å². The first-order valence-corrected chi connectivity index (χ1v) is 9.12. The number of amides is 1. The van der Waals surface area contributed by atoms with E-state index in [0.717, 1.165) is 5.56 Å². The van der Waals surface area contributed by atoms with Gasteiger partial charge in [0.25, 0.3) is 0 Å². The van der Waals surface area contributed by atoms with E-state index in [0.29, 0.717) is 17.1 Å². The fourth-order valence-electron chi connectivity index (χ4n) is 2.75. The first-order chi connectivity index (χ1) is 14.1. The number of hydrogen-bond donors (Lipinski definition) is 2. The first-order valence-electron chi connectivity index (χ1n) is 9.12. The molecule has 1 amide bonds. The topological polar surface area (TPSA) is 84.9 Å². The van der Waals surface area contributed by atoms with Crippen LogP contribution in [0.1, 0.15) is 23.6 Å². The molecule has 148 valence electrons. The summed E-state index contributed by atoms with van der Waals surface area (Å²) in [5.74, 6) is 0.172. The summed E-state index contributed by atoms with van der Waals surface area (Å²) in [6.45, 7) is 0.101. The van der Waals surface area contributed by atoms with E-state index < -0.39 is 18.1 Å². The number of ether oxygens (including phenoxy) is 2. The molecule has 0 saturated carbocycles. The number of aliphatic carboxylic acids is 1. The summed E-state index contributed by atoms with van der Waals surface area (Å²) in [6.07, 6.45) is -0.968. The normalized spacial score (nSPS) is 11.3. The van der Waals surface area contributed by atoms with Gasteiger partial charge in [-0.15, -0.1) is 0 Å². The Kier molecular flexibility index (Phi) is 6.84. The Hall–Kier alpha value is -3.80. The van der Waals surface area contributed by atoms with Crippen LogP contribution >= 0.6 is 0 Å². The van der Waals surface area contributed by atoms with Crippen LogP contribution in [-0.4, -0.2) is 17.2 Å². The predicted octanol–water partition coefficient (Wildman–Crippen LogP) is 4.92. The number of carboxylic acids is 1. The number of rotatable bonds is 8. The molecule has 3 aromatic rings. The smallest absolute Gasteiger partial charge is 0.407 e. The third-order valence-electron chi connectivity index (χ3n) is 4.12. The number of benzene rings is 3. The van der Waals surface area contributed by atoms with Gasteiger partial charge in [0.2, 0.25) is 0 Å². The highest BCUT2D eigenvalue weighted by molar-refractivity contribution is 5.72. The van der Waals surface area contributed by atoms with Crippen molar-refractivity contribution in [2.75, 3.05) is 0 Å². The van der Waals surface area contributed by atoms with Crippen LogP contribution < -0.4 is 10.1 Å². The average molecular weight is 391 g/mol. The maximum atomic E-state index is 12.2. The molecule has 0 spiro atoms. The van der Waals surface area contributed by atoms with E-state index in [4.69, 9.17) is 9.47 Å². The molecule has 0 saturated heterocycles. The Balaban J connectivity index is 1.68. The lowest BCUT2D eigenvalue weighted by atomic mass is 10.0. The highest BCUT2D eigenvalue weighted by Gasteiger charge is 2.19. The molecule has 0 aliphatic rings. The van der Waals surface area contributed by atoms with Gasteiger partial charge in [-0.05, 0) is 35.4 Å². The van der Waals surface area contributed by atoms with E-state index in [1.807, 2.05) is 60.7 Å². The van der Waals surface area contributed by atoms with E-state index >= 15 is 0 Å². The number of alkyl carbamates (subject to hydrolysis) is 1. The minimum absolute atomic E-state index is 0.101. The number of hydrogen-bond acceptors (Lipinski definition) is 4. The van der Waals surface area contributed by atoms with Crippen molar-refractivity contribution in [1.82, 2.24) is 5.32 Å². The highest BCUT2D eigenvalue weighted by Crippen LogP contribution is 2.26. The zero-order chi connectivity index (χ0) is 20.5. The van der Waals surface area contributed by atoms with Crippen molar-refractivity contribution in [3.63, 3.8) is 0 Å². The van der Waals surface area contributed by atoms with E-state index in [1.165, 1.54) is 0 Å². The van der Waals surface area contributed by atoms with Crippen LogP contribution in [0.3, 0.4) is 0 Å². The fourth-order valence-corrected chi connectivity index (χ4v) is 2.75. The van der Waals surface area contributed by atoms with E-state index in [-0.39, 0.29) is 13.0 Å². The lowest BCUT2D eigenvalue weighted by Gasteiger charge is -2.18. The van der Waals surface area contributed by atoms with Gasteiger partial charge in [-0.1, -0.05) is 60.7 Å². The van der Waals surface area contributed by atoms with Gasteiger partial charge >= 0.3 is 12.1 Å².